The van der Waals surface area contributed by atoms with Crippen molar-refractivity contribution in [1.29, 1.82) is 0 Å². The first kappa shape index (κ1) is 8.37. The van der Waals surface area contributed by atoms with Gasteiger partial charge in [0.25, 0.3) is 0 Å². The number of nitrogen functional groups attached to an aromatic ring is 1. The normalized spacial score (nSPS) is 10.9. The number of hydrogen-bond acceptors (Lipinski definition) is 3. The largest absolute Gasteiger partial charge is 0.419 e. The number of oxazole rings is 1. The second kappa shape index (κ2) is 2.63. The van der Waals surface area contributed by atoms with Crippen molar-refractivity contribution in [2.45, 2.75) is 0 Å². The molecule has 13 heavy (non-hydrogen) atoms. The van der Waals surface area contributed by atoms with Crippen LogP contribution in [0.3, 0.4) is 0 Å². The van der Waals surface area contributed by atoms with Crippen LogP contribution < -0.4 is 11.5 Å². The standard InChI is InChI=1S/C8H7BrN2O2/c1-11-7-5(10)2-4(9)3-6(7)13-8(11)12/h2-3H,10H2,1H3. The second-order valence-electron chi connectivity index (χ2n) is 2.77. The average molecular weight is 243 g/mol. The third-order valence-corrected chi connectivity index (χ3v) is 2.33. The minimum absolute atomic E-state index is 0.403. The highest BCUT2D eigenvalue weighted by Gasteiger charge is 2.09. The molecule has 1 heterocycles. The molecule has 1 aromatic heterocycles. The predicted octanol–water partition coefficient (Wildman–Crippen LogP) is 1.48. The molecule has 0 bridgehead atoms. The number of aromatic nitrogens is 1. The van der Waals surface area contributed by atoms with Crippen molar-refractivity contribution in [1.82, 2.24) is 4.57 Å². The van der Waals surface area contributed by atoms with E-state index in [1.807, 2.05) is 0 Å². The number of halogens is 1. The van der Waals surface area contributed by atoms with Crippen LogP contribution in [0.2, 0.25) is 0 Å². The van der Waals surface area contributed by atoms with Crippen LogP contribution in [0, 0.1) is 0 Å². The lowest BCUT2D eigenvalue weighted by Crippen LogP contribution is -2.09. The monoisotopic (exact) mass is 242 g/mol. The Hall–Kier alpha value is -1.23. The number of nitrogens with two attached hydrogens (primary N) is 1. The fourth-order valence-corrected chi connectivity index (χ4v) is 1.74. The van der Waals surface area contributed by atoms with E-state index in [0.717, 1.165) is 4.47 Å². The molecule has 0 amide bonds. The van der Waals surface area contributed by atoms with Gasteiger partial charge < -0.3 is 10.2 Å². The summed E-state index contributed by atoms with van der Waals surface area (Å²) in [5.41, 5.74) is 7.38. The number of rotatable bonds is 0. The van der Waals surface area contributed by atoms with Crippen LogP contribution in [0.1, 0.15) is 0 Å². The molecule has 2 N–H and O–H groups in total. The SMILES string of the molecule is Cn1c(=O)oc2cc(Br)cc(N)c21. The molecule has 0 aliphatic carbocycles. The number of aryl methyl sites for hydroxylation is 1. The zero-order valence-electron chi connectivity index (χ0n) is 6.87. The summed E-state index contributed by atoms with van der Waals surface area (Å²) < 4.78 is 7.14. The van der Waals surface area contributed by atoms with Crippen molar-refractivity contribution >= 4 is 32.7 Å². The van der Waals surface area contributed by atoms with Crippen LogP contribution in [0.5, 0.6) is 0 Å². The first-order chi connectivity index (χ1) is 6.09. The van der Waals surface area contributed by atoms with Crippen LogP contribution in [-0.2, 0) is 7.05 Å². The molecule has 0 fully saturated rings. The topological polar surface area (TPSA) is 61.2 Å². The molecule has 0 saturated carbocycles. The highest BCUT2D eigenvalue weighted by atomic mass is 79.9. The molecule has 0 atom stereocenters. The van der Waals surface area contributed by atoms with Gasteiger partial charge in [-0.1, -0.05) is 15.9 Å². The maximum atomic E-state index is 11.1. The van der Waals surface area contributed by atoms with Crippen LogP contribution in [0.25, 0.3) is 11.1 Å². The molecular weight excluding hydrogens is 236 g/mol. The Labute approximate surface area is 82.1 Å². The highest BCUT2D eigenvalue weighted by Crippen LogP contribution is 2.24. The molecule has 0 aliphatic heterocycles. The van der Waals surface area contributed by atoms with Gasteiger partial charge >= 0.3 is 5.76 Å². The number of nitrogens with zero attached hydrogens (tertiary/aromatic N) is 1. The number of hydrogen-bond donors (Lipinski definition) is 1. The molecule has 2 rings (SSSR count). The summed E-state index contributed by atoms with van der Waals surface area (Å²) in [6.07, 6.45) is 0. The summed E-state index contributed by atoms with van der Waals surface area (Å²) in [6, 6.07) is 3.45. The molecule has 1 aromatic carbocycles. The van der Waals surface area contributed by atoms with Crippen molar-refractivity contribution in [3.8, 4) is 0 Å². The molecular formula is C8H7BrN2O2. The van der Waals surface area contributed by atoms with E-state index in [-0.39, 0.29) is 0 Å². The van der Waals surface area contributed by atoms with Crippen molar-refractivity contribution in [3.63, 3.8) is 0 Å². The molecule has 0 unspecified atom stereocenters. The van der Waals surface area contributed by atoms with Gasteiger partial charge in [-0.05, 0) is 12.1 Å². The highest BCUT2D eigenvalue weighted by molar-refractivity contribution is 9.10. The molecule has 68 valence electrons. The van der Waals surface area contributed by atoms with Crippen molar-refractivity contribution in [2.24, 2.45) is 7.05 Å². The fourth-order valence-electron chi connectivity index (χ4n) is 1.28. The molecule has 0 spiro atoms. The van der Waals surface area contributed by atoms with E-state index in [1.165, 1.54) is 4.57 Å². The average Bonchev–Trinajstić information content (AvgIpc) is 2.27. The van der Waals surface area contributed by atoms with E-state index in [1.54, 1.807) is 19.2 Å². The van der Waals surface area contributed by atoms with Gasteiger partial charge in [0, 0.05) is 11.5 Å². The van der Waals surface area contributed by atoms with Crippen molar-refractivity contribution in [3.05, 3.63) is 27.2 Å². The third-order valence-electron chi connectivity index (χ3n) is 1.88. The van der Waals surface area contributed by atoms with Crippen LogP contribution in [0.4, 0.5) is 5.69 Å². The van der Waals surface area contributed by atoms with E-state index in [2.05, 4.69) is 15.9 Å². The van der Waals surface area contributed by atoms with Crippen LogP contribution >= 0.6 is 15.9 Å². The Morgan fingerprint density at radius 1 is 1.54 bits per heavy atom. The second-order valence-corrected chi connectivity index (χ2v) is 3.68. The van der Waals surface area contributed by atoms with E-state index in [4.69, 9.17) is 10.2 Å². The Kier molecular flexibility index (Phi) is 1.69. The first-order valence-electron chi connectivity index (χ1n) is 3.64. The van der Waals surface area contributed by atoms with Gasteiger partial charge in [-0.15, -0.1) is 0 Å². The molecule has 4 nitrogen and oxygen atoms in total. The van der Waals surface area contributed by atoms with Gasteiger partial charge in [0.1, 0.15) is 5.52 Å². The minimum atomic E-state index is -0.403. The Morgan fingerprint density at radius 3 is 2.92 bits per heavy atom. The lowest BCUT2D eigenvalue weighted by Gasteiger charge is -1.97. The maximum Gasteiger partial charge on any atom is 0.419 e. The summed E-state index contributed by atoms with van der Waals surface area (Å²) in [6.45, 7) is 0. The summed E-state index contributed by atoms with van der Waals surface area (Å²) in [5, 5.41) is 0. The van der Waals surface area contributed by atoms with Crippen molar-refractivity contribution in [2.75, 3.05) is 5.73 Å². The predicted molar refractivity (Wildman–Crippen MR) is 53.6 cm³/mol. The molecule has 2 aromatic rings. The molecule has 0 radical (unpaired) electrons. The van der Waals surface area contributed by atoms with Gasteiger partial charge in [0.2, 0.25) is 0 Å². The van der Waals surface area contributed by atoms with E-state index in [0.29, 0.717) is 16.8 Å². The summed E-state index contributed by atoms with van der Waals surface area (Å²) >= 11 is 3.27. The minimum Gasteiger partial charge on any atom is -0.408 e. The molecule has 0 saturated heterocycles. The number of benzene rings is 1. The Bertz CT molecular complexity index is 527. The fraction of sp³-hybridized carbons (Fsp3) is 0.125. The summed E-state index contributed by atoms with van der Waals surface area (Å²) in [4.78, 5) is 11.1. The van der Waals surface area contributed by atoms with Gasteiger partial charge in [0.15, 0.2) is 5.58 Å². The van der Waals surface area contributed by atoms with Gasteiger partial charge in [0.05, 0.1) is 5.69 Å². The number of fused-ring (bicyclic) bond motifs is 1. The number of anilines is 1. The zero-order valence-corrected chi connectivity index (χ0v) is 8.46. The maximum absolute atomic E-state index is 11.1. The van der Waals surface area contributed by atoms with Gasteiger partial charge in [-0.25, -0.2) is 4.79 Å². The lowest BCUT2D eigenvalue weighted by atomic mass is 10.3. The summed E-state index contributed by atoms with van der Waals surface area (Å²) in [7, 11) is 1.62. The van der Waals surface area contributed by atoms with Crippen molar-refractivity contribution < 1.29 is 4.42 Å². The first-order valence-corrected chi connectivity index (χ1v) is 4.43. The van der Waals surface area contributed by atoms with Crippen LogP contribution in [-0.4, -0.2) is 4.57 Å². The molecule has 0 aliphatic rings. The van der Waals surface area contributed by atoms with E-state index in [9.17, 15) is 4.79 Å². The Morgan fingerprint density at radius 2 is 2.23 bits per heavy atom. The van der Waals surface area contributed by atoms with Gasteiger partial charge in [-0.2, -0.15) is 0 Å². The van der Waals surface area contributed by atoms with E-state index < -0.39 is 5.76 Å². The lowest BCUT2D eigenvalue weighted by molar-refractivity contribution is 0.528. The van der Waals surface area contributed by atoms with E-state index >= 15 is 0 Å². The zero-order chi connectivity index (χ0) is 9.59. The smallest absolute Gasteiger partial charge is 0.408 e. The Balaban J connectivity index is 3.03. The van der Waals surface area contributed by atoms with Crippen LogP contribution in [0.15, 0.2) is 25.8 Å². The molecule has 5 heteroatoms. The quantitative estimate of drug-likeness (QED) is 0.713. The summed E-state index contributed by atoms with van der Waals surface area (Å²) in [5.74, 6) is -0.403. The van der Waals surface area contributed by atoms with Gasteiger partial charge in [-0.3, -0.25) is 4.57 Å². The third kappa shape index (κ3) is 1.16.